The van der Waals surface area contributed by atoms with Crippen LogP contribution in [0.4, 0.5) is 0 Å². The van der Waals surface area contributed by atoms with Crippen molar-refractivity contribution in [3.8, 4) is 0 Å². The van der Waals surface area contributed by atoms with Crippen LogP contribution in [0, 0.1) is 0 Å². The van der Waals surface area contributed by atoms with Crippen molar-refractivity contribution < 1.29 is 28.9 Å². The number of nitrogens with one attached hydrogen (secondary N) is 1. The van der Waals surface area contributed by atoms with Gasteiger partial charge in [-0.1, -0.05) is 60.7 Å². The number of carbonyl (C=O) groups excluding carboxylic acids is 1. The molecule has 1 aliphatic heterocycles. The first kappa shape index (κ1) is 25.1. The summed E-state index contributed by atoms with van der Waals surface area (Å²) in [5, 5.41) is 12.3. The Morgan fingerprint density at radius 3 is 2.24 bits per heavy atom. The average Bonchev–Trinajstić information content (AvgIpc) is 3.08. The summed E-state index contributed by atoms with van der Waals surface area (Å²) in [7, 11) is 0. The molecule has 7 heteroatoms. The number of benzene rings is 2. The predicted octanol–water partition coefficient (Wildman–Crippen LogP) is 3.36. The third-order valence-corrected chi connectivity index (χ3v) is 5.52. The van der Waals surface area contributed by atoms with E-state index >= 15 is 0 Å². The number of carboxylic acid groups (broad SMARTS) is 1. The van der Waals surface area contributed by atoms with E-state index < -0.39 is 24.2 Å². The average molecular weight is 456 g/mol. The fraction of sp³-hybridized carbons (Fsp3) is 0.462. The van der Waals surface area contributed by atoms with Gasteiger partial charge in [0.25, 0.3) is 0 Å². The monoisotopic (exact) mass is 455 g/mol. The van der Waals surface area contributed by atoms with Crippen LogP contribution in [0.3, 0.4) is 0 Å². The molecule has 1 heterocycles. The molecule has 2 aromatic carbocycles. The van der Waals surface area contributed by atoms with Crippen molar-refractivity contribution in [3.63, 3.8) is 0 Å². The van der Waals surface area contributed by atoms with Crippen LogP contribution < -0.4 is 5.32 Å². The lowest BCUT2D eigenvalue weighted by molar-refractivity contribution is -0.151. The van der Waals surface area contributed by atoms with E-state index in [-0.39, 0.29) is 18.0 Å². The van der Waals surface area contributed by atoms with Crippen LogP contribution in [0.1, 0.15) is 37.8 Å². The molecule has 7 nitrogen and oxygen atoms in total. The van der Waals surface area contributed by atoms with Crippen molar-refractivity contribution in [1.29, 1.82) is 0 Å². The second-order valence-corrected chi connectivity index (χ2v) is 8.74. The summed E-state index contributed by atoms with van der Waals surface area (Å²) in [5.41, 5.74) is 2.17. The first-order valence-electron chi connectivity index (χ1n) is 11.3. The summed E-state index contributed by atoms with van der Waals surface area (Å²) in [6, 6.07) is 19.1. The molecule has 0 aromatic heterocycles. The van der Waals surface area contributed by atoms with Gasteiger partial charge in [0.1, 0.15) is 18.6 Å². The van der Waals surface area contributed by atoms with Gasteiger partial charge in [-0.3, -0.25) is 9.59 Å². The van der Waals surface area contributed by atoms with Crippen molar-refractivity contribution in [3.05, 3.63) is 71.8 Å². The quantitative estimate of drug-likeness (QED) is 0.447. The van der Waals surface area contributed by atoms with Gasteiger partial charge in [-0.2, -0.15) is 0 Å². The van der Waals surface area contributed by atoms with Crippen LogP contribution in [0.25, 0.3) is 0 Å². The Kier molecular flexibility index (Phi) is 9.14. The zero-order valence-electron chi connectivity index (χ0n) is 19.2. The van der Waals surface area contributed by atoms with Gasteiger partial charge in [0.05, 0.1) is 19.3 Å². The third kappa shape index (κ3) is 8.37. The lowest BCUT2D eigenvalue weighted by Gasteiger charge is -2.22. The molecule has 1 fully saturated rings. The van der Waals surface area contributed by atoms with Gasteiger partial charge >= 0.3 is 5.97 Å². The lowest BCUT2D eigenvalue weighted by Crippen LogP contribution is -2.45. The van der Waals surface area contributed by atoms with E-state index in [0.717, 1.165) is 11.1 Å². The molecule has 2 N–H and O–H groups in total. The van der Waals surface area contributed by atoms with Crippen molar-refractivity contribution in [2.45, 2.75) is 63.8 Å². The van der Waals surface area contributed by atoms with Crippen LogP contribution in [-0.4, -0.2) is 54.0 Å². The molecule has 3 rings (SSSR count). The molecule has 0 radical (unpaired) electrons. The second-order valence-electron chi connectivity index (χ2n) is 8.74. The van der Waals surface area contributed by atoms with Gasteiger partial charge in [-0.15, -0.1) is 0 Å². The van der Waals surface area contributed by atoms with Crippen LogP contribution in [0.5, 0.6) is 0 Å². The standard InChI is InChI=1S/C26H33NO6/c1-26(2)32-23(24(33-26)18-31-17-20-11-7-4-8-12-20)16-27-21(22(28)15-25(29)30)14-13-19-9-5-3-6-10-19/h3-12,21,23-24,27H,13-18H2,1-2H3,(H,29,30). The van der Waals surface area contributed by atoms with Crippen LogP contribution in [-0.2, 0) is 36.8 Å². The number of rotatable bonds is 13. The van der Waals surface area contributed by atoms with Crippen LogP contribution >= 0.6 is 0 Å². The Morgan fingerprint density at radius 1 is 1.00 bits per heavy atom. The zero-order valence-corrected chi connectivity index (χ0v) is 19.2. The first-order valence-corrected chi connectivity index (χ1v) is 11.3. The summed E-state index contributed by atoms with van der Waals surface area (Å²) in [6.07, 6.45) is 0.0283. The van der Waals surface area contributed by atoms with Gasteiger partial charge in [0.2, 0.25) is 0 Å². The minimum Gasteiger partial charge on any atom is -0.481 e. The molecule has 0 bridgehead atoms. The number of hydrogen-bond donors (Lipinski definition) is 2. The molecule has 0 saturated carbocycles. The number of aryl methyl sites for hydroxylation is 1. The highest BCUT2D eigenvalue weighted by atomic mass is 16.8. The number of ketones is 1. The number of hydrogen-bond acceptors (Lipinski definition) is 6. The first-order chi connectivity index (χ1) is 15.8. The van der Waals surface area contributed by atoms with Crippen molar-refractivity contribution >= 4 is 11.8 Å². The maximum absolute atomic E-state index is 12.6. The number of carbonyl (C=O) groups is 2. The van der Waals surface area contributed by atoms with Crippen LogP contribution in [0.15, 0.2) is 60.7 Å². The van der Waals surface area contributed by atoms with E-state index in [4.69, 9.17) is 19.3 Å². The molecular weight excluding hydrogens is 422 g/mol. The van der Waals surface area contributed by atoms with E-state index in [1.54, 1.807) is 0 Å². The van der Waals surface area contributed by atoms with Crippen molar-refractivity contribution in [1.82, 2.24) is 5.32 Å². The molecular formula is C26H33NO6. The van der Waals surface area contributed by atoms with E-state index in [0.29, 0.717) is 32.6 Å². The highest BCUT2D eigenvalue weighted by Crippen LogP contribution is 2.28. The fourth-order valence-electron chi connectivity index (χ4n) is 3.95. The smallest absolute Gasteiger partial charge is 0.310 e. The molecule has 0 spiro atoms. The molecule has 33 heavy (non-hydrogen) atoms. The predicted molar refractivity (Wildman–Crippen MR) is 124 cm³/mol. The molecule has 2 aromatic rings. The molecule has 3 atom stereocenters. The Morgan fingerprint density at radius 2 is 1.61 bits per heavy atom. The molecule has 178 valence electrons. The van der Waals surface area contributed by atoms with Gasteiger partial charge in [0, 0.05) is 6.54 Å². The van der Waals surface area contributed by atoms with Crippen LogP contribution in [0.2, 0.25) is 0 Å². The summed E-state index contributed by atoms with van der Waals surface area (Å²) in [6.45, 7) is 4.87. The number of aliphatic carboxylic acids is 1. The van der Waals surface area contributed by atoms with Crippen molar-refractivity contribution in [2.24, 2.45) is 0 Å². The molecule has 3 unspecified atom stereocenters. The maximum atomic E-state index is 12.6. The topological polar surface area (TPSA) is 94.1 Å². The number of carboxylic acids is 1. The summed E-state index contributed by atoms with van der Waals surface area (Å²) >= 11 is 0. The normalized spacial score (nSPS) is 20.4. The Bertz CT molecular complexity index is 886. The Balaban J connectivity index is 1.57. The Hall–Kier alpha value is -2.58. The Labute approximate surface area is 195 Å². The van der Waals surface area contributed by atoms with Crippen molar-refractivity contribution in [2.75, 3.05) is 13.2 Å². The second kappa shape index (κ2) is 12.0. The lowest BCUT2D eigenvalue weighted by atomic mass is 10.00. The summed E-state index contributed by atoms with van der Waals surface area (Å²) in [4.78, 5) is 23.7. The van der Waals surface area contributed by atoms with E-state index in [2.05, 4.69) is 5.32 Å². The van der Waals surface area contributed by atoms with E-state index in [1.165, 1.54) is 0 Å². The van der Waals surface area contributed by atoms with Gasteiger partial charge in [-0.05, 0) is 37.8 Å². The summed E-state index contributed by atoms with van der Waals surface area (Å²) < 4.78 is 17.9. The molecule has 1 saturated heterocycles. The number of Topliss-reactive ketones (excluding diaryl/α,β-unsaturated/α-hetero) is 1. The SMILES string of the molecule is CC1(C)OC(CNC(CCc2ccccc2)C(=O)CC(=O)O)C(COCc2ccccc2)O1. The summed E-state index contributed by atoms with van der Waals surface area (Å²) in [5.74, 6) is -2.23. The largest absolute Gasteiger partial charge is 0.481 e. The van der Waals surface area contributed by atoms with E-state index in [9.17, 15) is 9.59 Å². The zero-order chi connectivity index (χ0) is 23.7. The van der Waals surface area contributed by atoms with Gasteiger partial charge in [-0.25, -0.2) is 0 Å². The highest BCUT2D eigenvalue weighted by Gasteiger charge is 2.41. The molecule has 0 amide bonds. The maximum Gasteiger partial charge on any atom is 0.310 e. The minimum atomic E-state index is -1.12. The fourth-order valence-corrected chi connectivity index (χ4v) is 3.95. The van der Waals surface area contributed by atoms with Gasteiger partial charge in [0.15, 0.2) is 11.6 Å². The number of ether oxygens (including phenoxy) is 3. The minimum absolute atomic E-state index is 0.305. The van der Waals surface area contributed by atoms with E-state index in [1.807, 2.05) is 74.5 Å². The third-order valence-electron chi connectivity index (χ3n) is 5.52. The highest BCUT2D eigenvalue weighted by molar-refractivity contribution is 5.97. The van der Waals surface area contributed by atoms with Gasteiger partial charge < -0.3 is 24.6 Å². The molecule has 1 aliphatic rings. The molecule has 0 aliphatic carbocycles.